The van der Waals surface area contributed by atoms with Crippen LogP contribution >= 0.6 is 15.9 Å². The molecule has 0 spiro atoms. The van der Waals surface area contributed by atoms with Crippen molar-refractivity contribution in [3.63, 3.8) is 0 Å². The summed E-state index contributed by atoms with van der Waals surface area (Å²) in [7, 11) is 0. The van der Waals surface area contributed by atoms with Gasteiger partial charge in [-0.25, -0.2) is 0 Å². The fourth-order valence-corrected chi connectivity index (χ4v) is 1.27. The van der Waals surface area contributed by atoms with Gasteiger partial charge in [0.1, 0.15) is 5.75 Å². The van der Waals surface area contributed by atoms with Crippen LogP contribution in [0.2, 0.25) is 0 Å². The normalized spacial score (nSPS) is 9.62. The smallest absolute Gasteiger partial charge is 0.198 e. The molecular weight excluding hydrogens is 232 g/mol. The first-order valence-corrected chi connectivity index (χ1v) is 4.85. The molecule has 0 aliphatic carbocycles. The molecule has 0 heterocycles. The van der Waals surface area contributed by atoms with E-state index in [0.717, 1.165) is 16.6 Å². The van der Waals surface area contributed by atoms with E-state index in [1.165, 1.54) is 0 Å². The number of hydrogen-bond donors (Lipinski definition) is 0. The summed E-state index contributed by atoms with van der Waals surface area (Å²) in [5, 5.41) is 0. The Morgan fingerprint density at radius 3 is 3.00 bits per heavy atom. The molecule has 0 amide bonds. The van der Waals surface area contributed by atoms with Gasteiger partial charge >= 0.3 is 0 Å². The van der Waals surface area contributed by atoms with Crippen molar-refractivity contribution in [3.05, 3.63) is 28.7 Å². The summed E-state index contributed by atoms with van der Waals surface area (Å²) in [5.41, 5.74) is 0. The molecule has 0 saturated heterocycles. The van der Waals surface area contributed by atoms with E-state index < -0.39 is 0 Å². The number of hydrogen-bond acceptors (Lipinski definition) is 2. The van der Waals surface area contributed by atoms with Gasteiger partial charge in [0.2, 0.25) is 0 Å². The number of halogens is 1. The molecule has 13 heavy (non-hydrogen) atoms. The molecule has 2 nitrogen and oxygen atoms in total. The van der Waals surface area contributed by atoms with Gasteiger partial charge in [-0.3, -0.25) is 4.79 Å². The zero-order valence-corrected chi connectivity index (χ0v) is 8.71. The van der Waals surface area contributed by atoms with Gasteiger partial charge in [0.15, 0.2) is 6.29 Å². The molecule has 1 radical (unpaired) electrons. The lowest BCUT2D eigenvalue weighted by molar-refractivity contribution is 0.312. The van der Waals surface area contributed by atoms with Crippen LogP contribution in [0.15, 0.2) is 28.7 Å². The van der Waals surface area contributed by atoms with Crippen molar-refractivity contribution < 1.29 is 9.53 Å². The highest BCUT2D eigenvalue weighted by atomic mass is 79.9. The Labute approximate surface area is 86.0 Å². The summed E-state index contributed by atoms with van der Waals surface area (Å²) in [4.78, 5) is 9.88. The number of benzene rings is 1. The lowest BCUT2D eigenvalue weighted by Crippen LogP contribution is -1.97. The maximum atomic E-state index is 9.88. The third-order valence-corrected chi connectivity index (χ3v) is 1.98. The van der Waals surface area contributed by atoms with Crippen molar-refractivity contribution in [1.82, 2.24) is 0 Å². The first kappa shape index (κ1) is 10.3. The lowest BCUT2D eigenvalue weighted by atomic mass is 10.3. The Morgan fingerprint density at radius 2 is 2.31 bits per heavy atom. The molecular formula is C10H10BrO2. The van der Waals surface area contributed by atoms with E-state index in [0.29, 0.717) is 13.0 Å². The monoisotopic (exact) mass is 241 g/mol. The minimum Gasteiger partial charge on any atom is -0.494 e. The fourth-order valence-electron chi connectivity index (χ4n) is 0.891. The van der Waals surface area contributed by atoms with Crippen LogP contribution < -0.4 is 4.74 Å². The maximum absolute atomic E-state index is 9.88. The van der Waals surface area contributed by atoms with Gasteiger partial charge in [0.05, 0.1) is 6.61 Å². The van der Waals surface area contributed by atoms with Crippen molar-refractivity contribution in [1.29, 1.82) is 0 Å². The molecule has 0 saturated carbocycles. The van der Waals surface area contributed by atoms with Crippen molar-refractivity contribution in [2.75, 3.05) is 6.61 Å². The van der Waals surface area contributed by atoms with Crippen LogP contribution in [0, 0.1) is 0 Å². The van der Waals surface area contributed by atoms with Crippen LogP contribution in [0.5, 0.6) is 5.75 Å². The summed E-state index contributed by atoms with van der Waals surface area (Å²) < 4.78 is 6.37. The molecule has 69 valence electrons. The first-order chi connectivity index (χ1) is 6.33. The minimum absolute atomic E-state index is 0.438. The number of carbonyl (C=O) groups excluding carboxylic acids is 1. The third-order valence-electron chi connectivity index (χ3n) is 1.49. The summed E-state index contributed by atoms with van der Waals surface area (Å²) in [6, 6.07) is 7.62. The van der Waals surface area contributed by atoms with Crippen molar-refractivity contribution in [3.8, 4) is 5.75 Å². The van der Waals surface area contributed by atoms with E-state index in [-0.39, 0.29) is 0 Å². The largest absolute Gasteiger partial charge is 0.494 e. The van der Waals surface area contributed by atoms with Crippen LogP contribution in [0.3, 0.4) is 0 Å². The fraction of sp³-hybridized carbons (Fsp3) is 0.300. The number of ether oxygens (including phenoxy) is 1. The van der Waals surface area contributed by atoms with E-state index in [2.05, 4.69) is 15.9 Å². The maximum Gasteiger partial charge on any atom is 0.198 e. The topological polar surface area (TPSA) is 26.3 Å². The third kappa shape index (κ3) is 4.08. The van der Waals surface area contributed by atoms with Crippen LogP contribution in [-0.2, 0) is 4.79 Å². The number of unbranched alkanes of at least 4 members (excludes halogenated alkanes) is 1. The Morgan fingerprint density at radius 1 is 1.46 bits per heavy atom. The molecule has 3 heteroatoms. The van der Waals surface area contributed by atoms with Crippen LogP contribution in [0.4, 0.5) is 0 Å². The van der Waals surface area contributed by atoms with E-state index in [9.17, 15) is 4.79 Å². The molecule has 0 aromatic heterocycles. The van der Waals surface area contributed by atoms with Gasteiger partial charge in [-0.2, -0.15) is 0 Å². The van der Waals surface area contributed by atoms with Crippen molar-refractivity contribution >= 4 is 22.2 Å². The second kappa shape index (κ2) is 5.75. The molecule has 0 aliphatic heterocycles. The SMILES string of the molecule is O=[C]CCCOc1cccc(Br)c1. The molecule has 0 N–H and O–H groups in total. The summed E-state index contributed by atoms with van der Waals surface area (Å²) in [6.07, 6.45) is 2.98. The molecule has 0 atom stereocenters. The number of rotatable bonds is 5. The molecule has 1 rings (SSSR count). The molecule has 0 fully saturated rings. The quantitative estimate of drug-likeness (QED) is 0.742. The van der Waals surface area contributed by atoms with Gasteiger partial charge in [-0.1, -0.05) is 22.0 Å². The van der Waals surface area contributed by atoms with Crippen LogP contribution in [0.1, 0.15) is 12.8 Å². The highest BCUT2D eigenvalue weighted by molar-refractivity contribution is 9.10. The standard InChI is InChI=1S/C10H10BrO2/c11-9-4-3-5-10(8-9)13-7-2-1-6-12/h3-5,8H,1-2,7H2. The first-order valence-electron chi connectivity index (χ1n) is 4.06. The second-order valence-corrected chi connectivity index (χ2v) is 3.47. The molecule has 0 bridgehead atoms. The predicted molar refractivity (Wildman–Crippen MR) is 54.6 cm³/mol. The van der Waals surface area contributed by atoms with E-state index in [1.54, 1.807) is 0 Å². The lowest BCUT2D eigenvalue weighted by Gasteiger charge is -2.04. The average molecular weight is 242 g/mol. The van der Waals surface area contributed by atoms with E-state index >= 15 is 0 Å². The molecule has 1 aromatic rings. The Kier molecular flexibility index (Phi) is 4.54. The Balaban J connectivity index is 2.32. The highest BCUT2D eigenvalue weighted by Crippen LogP contribution is 2.17. The summed E-state index contributed by atoms with van der Waals surface area (Å²) in [6.45, 7) is 0.561. The van der Waals surface area contributed by atoms with Gasteiger partial charge in [0, 0.05) is 10.9 Å². The minimum atomic E-state index is 0.438. The zero-order chi connectivity index (χ0) is 9.52. The van der Waals surface area contributed by atoms with Crippen LogP contribution in [0.25, 0.3) is 0 Å². The van der Waals surface area contributed by atoms with Crippen molar-refractivity contribution in [2.45, 2.75) is 12.8 Å². The van der Waals surface area contributed by atoms with E-state index in [4.69, 9.17) is 4.74 Å². The van der Waals surface area contributed by atoms with Gasteiger partial charge in [-0.15, -0.1) is 0 Å². The van der Waals surface area contributed by atoms with Gasteiger partial charge in [0.25, 0.3) is 0 Å². The Bertz CT molecular complexity index is 273. The molecule has 0 aliphatic rings. The predicted octanol–water partition coefficient (Wildman–Crippen LogP) is 2.72. The average Bonchev–Trinajstić information content (AvgIpc) is 2.13. The molecule has 0 unspecified atom stereocenters. The van der Waals surface area contributed by atoms with Gasteiger partial charge in [-0.05, 0) is 24.6 Å². The van der Waals surface area contributed by atoms with Gasteiger partial charge < -0.3 is 4.74 Å². The van der Waals surface area contributed by atoms with E-state index in [1.807, 2.05) is 30.6 Å². The highest BCUT2D eigenvalue weighted by Gasteiger charge is 1.93. The summed E-state index contributed by atoms with van der Waals surface area (Å²) >= 11 is 3.34. The molecule has 1 aromatic carbocycles. The second-order valence-electron chi connectivity index (χ2n) is 2.55. The van der Waals surface area contributed by atoms with Crippen LogP contribution in [-0.4, -0.2) is 12.9 Å². The summed E-state index contributed by atoms with van der Waals surface area (Å²) in [5.74, 6) is 0.820. The van der Waals surface area contributed by atoms with Crippen molar-refractivity contribution in [2.24, 2.45) is 0 Å². The zero-order valence-electron chi connectivity index (χ0n) is 7.13. The Hall–Kier alpha value is -0.830.